The van der Waals surface area contributed by atoms with Crippen molar-refractivity contribution in [1.29, 1.82) is 0 Å². The molecule has 0 N–H and O–H groups in total. The van der Waals surface area contributed by atoms with Crippen LogP contribution in [0.15, 0.2) is 36.4 Å². The quantitative estimate of drug-likeness (QED) is 0.519. The molecule has 0 saturated heterocycles. The molecule has 0 spiro atoms. The lowest BCUT2D eigenvalue weighted by atomic mass is 10.1. The van der Waals surface area contributed by atoms with Crippen molar-refractivity contribution >= 4 is 45.0 Å². The molecule has 0 bridgehead atoms. The Morgan fingerprint density at radius 2 is 1.71 bits per heavy atom. The standard InChI is InChI=1S/C14H9Cl2N/c1-8-2-5-12-11(6-8)14(16)10-4-3-9(15)7-13(10)17-12/h2-7H,1H3. The number of halogens is 2. The first-order chi connectivity index (χ1) is 8.15. The summed E-state index contributed by atoms with van der Waals surface area (Å²) < 4.78 is 0. The highest BCUT2D eigenvalue weighted by molar-refractivity contribution is 6.40. The van der Waals surface area contributed by atoms with E-state index < -0.39 is 0 Å². The van der Waals surface area contributed by atoms with E-state index in [0.29, 0.717) is 5.02 Å². The van der Waals surface area contributed by atoms with Gasteiger partial charge in [-0.25, -0.2) is 4.98 Å². The first-order valence-corrected chi connectivity index (χ1v) is 6.06. The monoisotopic (exact) mass is 261 g/mol. The van der Waals surface area contributed by atoms with Crippen molar-refractivity contribution in [1.82, 2.24) is 4.98 Å². The lowest BCUT2D eigenvalue weighted by Crippen LogP contribution is -1.85. The van der Waals surface area contributed by atoms with Crippen LogP contribution in [0.25, 0.3) is 21.8 Å². The van der Waals surface area contributed by atoms with E-state index in [1.807, 2.05) is 37.3 Å². The number of hydrogen-bond acceptors (Lipinski definition) is 1. The van der Waals surface area contributed by atoms with E-state index in [2.05, 4.69) is 11.1 Å². The molecular formula is C14H9Cl2N. The molecule has 0 saturated carbocycles. The van der Waals surface area contributed by atoms with Crippen molar-refractivity contribution in [3.63, 3.8) is 0 Å². The Kier molecular flexibility index (Phi) is 2.46. The smallest absolute Gasteiger partial charge is 0.0739 e. The largest absolute Gasteiger partial charge is 0.248 e. The van der Waals surface area contributed by atoms with Crippen LogP contribution in [-0.4, -0.2) is 4.98 Å². The molecule has 0 radical (unpaired) electrons. The number of rotatable bonds is 0. The van der Waals surface area contributed by atoms with Gasteiger partial charge in [0, 0.05) is 15.8 Å². The van der Waals surface area contributed by atoms with Gasteiger partial charge in [-0.05, 0) is 37.3 Å². The highest BCUT2D eigenvalue weighted by Gasteiger charge is 2.07. The molecule has 0 atom stereocenters. The first kappa shape index (κ1) is 10.8. The molecule has 0 unspecified atom stereocenters. The molecule has 3 rings (SSSR count). The average Bonchev–Trinajstić information content (AvgIpc) is 2.30. The highest BCUT2D eigenvalue weighted by atomic mass is 35.5. The fraction of sp³-hybridized carbons (Fsp3) is 0.0714. The van der Waals surface area contributed by atoms with Crippen LogP contribution in [0.2, 0.25) is 10.0 Å². The minimum Gasteiger partial charge on any atom is -0.248 e. The molecule has 17 heavy (non-hydrogen) atoms. The summed E-state index contributed by atoms with van der Waals surface area (Å²) in [6.07, 6.45) is 0. The van der Waals surface area contributed by atoms with Crippen molar-refractivity contribution < 1.29 is 0 Å². The summed E-state index contributed by atoms with van der Waals surface area (Å²) in [4.78, 5) is 4.57. The van der Waals surface area contributed by atoms with Gasteiger partial charge in [0.05, 0.1) is 16.1 Å². The Bertz CT molecular complexity index is 735. The number of benzene rings is 2. The van der Waals surface area contributed by atoms with E-state index in [9.17, 15) is 0 Å². The topological polar surface area (TPSA) is 12.9 Å². The van der Waals surface area contributed by atoms with Gasteiger partial charge >= 0.3 is 0 Å². The third-order valence-electron chi connectivity index (χ3n) is 2.83. The normalized spacial score (nSPS) is 11.2. The maximum Gasteiger partial charge on any atom is 0.0739 e. The molecule has 1 aromatic heterocycles. The zero-order chi connectivity index (χ0) is 12.0. The molecule has 3 aromatic rings. The van der Waals surface area contributed by atoms with Gasteiger partial charge < -0.3 is 0 Å². The molecular weight excluding hydrogens is 253 g/mol. The van der Waals surface area contributed by atoms with Crippen LogP contribution >= 0.6 is 23.2 Å². The van der Waals surface area contributed by atoms with Gasteiger partial charge in [-0.3, -0.25) is 0 Å². The number of hydrogen-bond donors (Lipinski definition) is 0. The summed E-state index contributed by atoms with van der Waals surface area (Å²) in [6.45, 7) is 2.04. The molecule has 0 amide bonds. The lowest BCUT2D eigenvalue weighted by molar-refractivity contribution is 1.45. The summed E-state index contributed by atoms with van der Waals surface area (Å²) in [5.41, 5.74) is 2.91. The second-order valence-corrected chi connectivity index (χ2v) is 4.92. The summed E-state index contributed by atoms with van der Waals surface area (Å²) in [5, 5.41) is 3.34. The molecule has 84 valence electrons. The van der Waals surface area contributed by atoms with Gasteiger partial charge in [-0.2, -0.15) is 0 Å². The SMILES string of the molecule is Cc1ccc2nc3cc(Cl)ccc3c(Cl)c2c1. The van der Waals surface area contributed by atoms with Crippen LogP contribution in [0.4, 0.5) is 0 Å². The van der Waals surface area contributed by atoms with E-state index in [1.165, 1.54) is 5.56 Å². The van der Waals surface area contributed by atoms with Gasteiger partial charge in [0.2, 0.25) is 0 Å². The van der Waals surface area contributed by atoms with Crippen molar-refractivity contribution in [3.8, 4) is 0 Å². The molecule has 1 heterocycles. The minimum absolute atomic E-state index is 0.674. The highest BCUT2D eigenvalue weighted by Crippen LogP contribution is 2.31. The van der Waals surface area contributed by atoms with E-state index in [-0.39, 0.29) is 0 Å². The third kappa shape index (κ3) is 1.76. The summed E-state index contributed by atoms with van der Waals surface area (Å²) in [6, 6.07) is 11.6. The van der Waals surface area contributed by atoms with Gasteiger partial charge in [0.1, 0.15) is 0 Å². The van der Waals surface area contributed by atoms with Crippen molar-refractivity contribution in [2.75, 3.05) is 0 Å². The van der Waals surface area contributed by atoms with Crippen LogP contribution in [0.1, 0.15) is 5.56 Å². The molecule has 3 heteroatoms. The molecule has 0 aliphatic heterocycles. The van der Waals surface area contributed by atoms with Crippen molar-refractivity contribution in [2.24, 2.45) is 0 Å². The fourth-order valence-electron chi connectivity index (χ4n) is 1.98. The fourth-order valence-corrected chi connectivity index (χ4v) is 2.46. The Labute approximate surface area is 109 Å². The molecule has 0 aliphatic rings. The predicted molar refractivity (Wildman–Crippen MR) is 74.0 cm³/mol. The van der Waals surface area contributed by atoms with E-state index in [1.54, 1.807) is 0 Å². The number of pyridine rings is 1. The Balaban J connectivity index is 2.52. The maximum absolute atomic E-state index is 6.42. The summed E-state index contributed by atoms with van der Waals surface area (Å²) in [7, 11) is 0. The second kappa shape index (κ2) is 3.86. The maximum atomic E-state index is 6.42. The van der Waals surface area contributed by atoms with Crippen molar-refractivity contribution in [2.45, 2.75) is 6.92 Å². The second-order valence-electron chi connectivity index (χ2n) is 4.11. The van der Waals surface area contributed by atoms with Gasteiger partial charge in [0.25, 0.3) is 0 Å². The van der Waals surface area contributed by atoms with Crippen LogP contribution in [0.3, 0.4) is 0 Å². The Hall–Kier alpha value is -1.31. The molecule has 1 nitrogen and oxygen atoms in total. The van der Waals surface area contributed by atoms with E-state index >= 15 is 0 Å². The first-order valence-electron chi connectivity index (χ1n) is 5.30. The lowest BCUT2D eigenvalue weighted by Gasteiger charge is -2.06. The van der Waals surface area contributed by atoms with Gasteiger partial charge in [-0.15, -0.1) is 0 Å². The number of aromatic nitrogens is 1. The van der Waals surface area contributed by atoms with Crippen LogP contribution in [0, 0.1) is 6.92 Å². The van der Waals surface area contributed by atoms with Crippen LogP contribution in [-0.2, 0) is 0 Å². The third-order valence-corrected chi connectivity index (χ3v) is 3.47. The summed E-state index contributed by atoms with van der Waals surface area (Å²) >= 11 is 12.4. The number of fused-ring (bicyclic) bond motifs is 2. The average molecular weight is 262 g/mol. The Morgan fingerprint density at radius 1 is 0.882 bits per heavy atom. The number of aryl methyl sites for hydroxylation is 1. The van der Waals surface area contributed by atoms with Crippen LogP contribution < -0.4 is 0 Å². The zero-order valence-electron chi connectivity index (χ0n) is 9.17. The van der Waals surface area contributed by atoms with Gasteiger partial charge in [-0.1, -0.05) is 34.8 Å². The van der Waals surface area contributed by atoms with Crippen molar-refractivity contribution in [3.05, 3.63) is 52.0 Å². The number of nitrogens with zero attached hydrogens (tertiary/aromatic N) is 1. The summed E-state index contributed by atoms with van der Waals surface area (Å²) in [5.74, 6) is 0. The van der Waals surface area contributed by atoms with E-state index in [0.717, 1.165) is 26.8 Å². The Morgan fingerprint density at radius 3 is 2.53 bits per heavy atom. The molecule has 0 aliphatic carbocycles. The van der Waals surface area contributed by atoms with E-state index in [4.69, 9.17) is 23.2 Å². The molecule has 2 aromatic carbocycles. The molecule has 0 fully saturated rings. The minimum atomic E-state index is 0.674. The van der Waals surface area contributed by atoms with Crippen LogP contribution in [0.5, 0.6) is 0 Å². The predicted octanol–water partition coefficient (Wildman–Crippen LogP) is 5.00. The van der Waals surface area contributed by atoms with Gasteiger partial charge in [0.15, 0.2) is 0 Å². The zero-order valence-corrected chi connectivity index (χ0v) is 10.7.